The van der Waals surface area contributed by atoms with Crippen LogP contribution in [0.2, 0.25) is 0 Å². The average molecular weight is 180 g/mol. The molecule has 3 heteroatoms. The van der Waals surface area contributed by atoms with Gasteiger partial charge in [-0.25, -0.2) is 0 Å². The van der Waals surface area contributed by atoms with Crippen LogP contribution in [0.4, 0.5) is 0 Å². The Morgan fingerprint density at radius 1 is 1.38 bits per heavy atom. The zero-order valence-electron chi connectivity index (χ0n) is 7.83. The van der Waals surface area contributed by atoms with E-state index in [2.05, 4.69) is 11.0 Å². The van der Waals surface area contributed by atoms with Gasteiger partial charge in [0.1, 0.15) is 5.76 Å². The van der Waals surface area contributed by atoms with Crippen LogP contribution in [0.25, 0.3) is 0 Å². The molecule has 0 aliphatic carbocycles. The van der Waals surface area contributed by atoms with Gasteiger partial charge in [0.15, 0.2) is 0 Å². The second kappa shape index (κ2) is 3.94. The summed E-state index contributed by atoms with van der Waals surface area (Å²) >= 11 is 0. The van der Waals surface area contributed by atoms with Gasteiger partial charge in [0.2, 0.25) is 0 Å². The van der Waals surface area contributed by atoms with Crippen molar-refractivity contribution >= 4 is 0 Å². The first kappa shape index (κ1) is 8.78. The summed E-state index contributed by atoms with van der Waals surface area (Å²) in [6.07, 6.45) is 4.40. The summed E-state index contributed by atoms with van der Waals surface area (Å²) in [7, 11) is 0. The molecule has 0 unspecified atom stereocenters. The van der Waals surface area contributed by atoms with Gasteiger partial charge < -0.3 is 10.2 Å². The van der Waals surface area contributed by atoms with Crippen molar-refractivity contribution < 1.29 is 4.42 Å². The lowest BCUT2D eigenvalue weighted by Crippen LogP contribution is -2.17. The molecule has 0 radical (unpaired) electrons. The minimum Gasteiger partial charge on any atom is -0.468 e. The lowest BCUT2D eigenvalue weighted by atomic mass is 10.3. The van der Waals surface area contributed by atoms with Crippen LogP contribution >= 0.6 is 0 Å². The van der Waals surface area contributed by atoms with Crippen molar-refractivity contribution in [3.05, 3.63) is 23.7 Å². The van der Waals surface area contributed by atoms with E-state index >= 15 is 0 Å². The Bertz CT molecular complexity index is 264. The molecular weight excluding hydrogens is 164 g/mol. The first-order chi connectivity index (χ1) is 6.38. The molecule has 0 bridgehead atoms. The molecule has 72 valence electrons. The van der Waals surface area contributed by atoms with Crippen LogP contribution in [0.3, 0.4) is 0 Å². The Hall–Kier alpha value is -0.800. The molecule has 0 atom stereocenters. The summed E-state index contributed by atoms with van der Waals surface area (Å²) in [5.74, 6) is 1.04. The quantitative estimate of drug-likeness (QED) is 0.763. The van der Waals surface area contributed by atoms with Gasteiger partial charge in [0.25, 0.3) is 0 Å². The minimum absolute atomic E-state index is 0.573. The zero-order valence-corrected chi connectivity index (χ0v) is 7.83. The molecule has 1 aromatic heterocycles. The second-order valence-corrected chi connectivity index (χ2v) is 3.61. The number of nitrogens with zero attached hydrogens (tertiary/aromatic N) is 1. The summed E-state index contributed by atoms with van der Waals surface area (Å²) in [6.45, 7) is 3.93. The number of hydrogen-bond donors (Lipinski definition) is 1. The first-order valence-corrected chi connectivity index (χ1v) is 4.87. The van der Waals surface area contributed by atoms with Crippen LogP contribution in [0.15, 0.2) is 16.7 Å². The minimum atomic E-state index is 0.573. The molecular formula is C10H16N2O. The maximum atomic E-state index is 5.50. The summed E-state index contributed by atoms with van der Waals surface area (Å²) < 4.78 is 5.40. The standard InChI is InChI=1S/C10H16N2O/c11-6-9-5-10(13-8-9)7-12-3-1-2-4-12/h5,8H,1-4,6-7,11H2. The third-order valence-corrected chi connectivity index (χ3v) is 2.52. The smallest absolute Gasteiger partial charge is 0.118 e. The molecule has 1 aromatic rings. The molecule has 2 heterocycles. The van der Waals surface area contributed by atoms with Crippen LogP contribution in [0.5, 0.6) is 0 Å². The van der Waals surface area contributed by atoms with E-state index in [1.54, 1.807) is 6.26 Å². The van der Waals surface area contributed by atoms with Gasteiger partial charge in [-0.3, -0.25) is 4.90 Å². The number of rotatable bonds is 3. The lowest BCUT2D eigenvalue weighted by molar-refractivity contribution is 0.297. The van der Waals surface area contributed by atoms with E-state index in [4.69, 9.17) is 10.2 Å². The highest BCUT2D eigenvalue weighted by molar-refractivity contribution is 5.12. The molecule has 2 rings (SSSR count). The largest absolute Gasteiger partial charge is 0.468 e. The Kier molecular flexibility index (Phi) is 2.66. The van der Waals surface area contributed by atoms with E-state index < -0.39 is 0 Å². The summed E-state index contributed by atoms with van der Waals surface area (Å²) in [5, 5.41) is 0. The molecule has 2 N–H and O–H groups in total. The van der Waals surface area contributed by atoms with Crippen molar-refractivity contribution in [2.24, 2.45) is 5.73 Å². The highest BCUT2D eigenvalue weighted by Crippen LogP contribution is 2.14. The summed E-state index contributed by atoms with van der Waals surface area (Å²) in [6, 6.07) is 2.05. The van der Waals surface area contributed by atoms with E-state index in [-0.39, 0.29) is 0 Å². The molecule has 0 amide bonds. The fourth-order valence-electron chi connectivity index (χ4n) is 1.78. The maximum Gasteiger partial charge on any atom is 0.118 e. The van der Waals surface area contributed by atoms with Crippen molar-refractivity contribution in [1.82, 2.24) is 4.90 Å². The molecule has 0 saturated carbocycles. The van der Waals surface area contributed by atoms with Crippen molar-refractivity contribution in [3.8, 4) is 0 Å². The normalized spacial score (nSPS) is 18.2. The van der Waals surface area contributed by atoms with Crippen molar-refractivity contribution in [1.29, 1.82) is 0 Å². The first-order valence-electron chi connectivity index (χ1n) is 4.87. The predicted octanol–water partition coefficient (Wildman–Crippen LogP) is 1.33. The molecule has 1 aliphatic heterocycles. The van der Waals surface area contributed by atoms with E-state index in [0.717, 1.165) is 17.9 Å². The van der Waals surface area contributed by atoms with Crippen LogP contribution in [0, 0.1) is 0 Å². The van der Waals surface area contributed by atoms with E-state index in [9.17, 15) is 0 Å². The molecule has 0 spiro atoms. The molecule has 1 fully saturated rings. The van der Waals surface area contributed by atoms with Crippen molar-refractivity contribution in [2.45, 2.75) is 25.9 Å². The monoisotopic (exact) mass is 180 g/mol. The van der Waals surface area contributed by atoms with E-state index in [1.807, 2.05) is 0 Å². The fraction of sp³-hybridized carbons (Fsp3) is 0.600. The van der Waals surface area contributed by atoms with E-state index in [0.29, 0.717) is 6.54 Å². The fourth-order valence-corrected chi connectivity index (χ4v) is 1.78. The summed E-state index contributed by atoms with van der Waals surface area (Å²) in [4.78, 5) is 2.42. The maximum absolute atomic E-state index is 5.50. The van der Waals surface area contributed by atoms with Crippen molar-refractivity contribution in [3.63, 3.8) is 0 Å². The number of likely N-dealkylation sites (tertiary alicyclic amines) is 1. The van der Waals surface area contributed by atoms with Crippen LogP contribution < -0.4 is 5.73 Å². The van der Waals surface area contributed by atoms with Gasteiger partial charge in [-0.2, -0.15) is 0 Å². The Balaban J connectivity index is 1.92. The Morgan fingerprint density at radius 3 is 2.77 bits per heavy atom. The number of furan rings is 1. The molecule has 1 saturated heterocycles. The van der Waals surface area contributed by atoms with Crippen molar-refractivity contribution in [2.75, 3.05) is 13.1 Å². The van der Waals surface area contributed by atoms with Gasteiger partial charge in [0, 0.05) is 12.1 Å². The highest BCUT2D eigenvalue weighted by atomic mass is 16.3. The molecule has 3 nitrogen and oxygen atoms in total. The van der Waals surface area contributed by atoms with Crippen LogP contribution in [0.1, 0.15) is 24.2 Å². The molecule has 1 aliphatic rings. The molecule has 0 aromatic carbocycles. The Labute approximate surface area is 78.5 Å². The second-order valence-electron chi connectivity index (χ2n) is 3.61. The van der Waals surface area contributed by atoms with Gasteiger partial charge in [-0.05, 0) is 32.0 Å². The lowest BCUT2D eigenvalue weighted by Gasteiger charge is -2.11. The summed E-state index contributed by atoms with van der Waals surface area (Å²) in [5.41, 5.74) is 6.59. The van der Waals surface area contributed by atoms with Crippen LogP contribution in [-0.4, -0.2) is 18.0 Å². The zero-order chi connectivity index (χ0) is 9.10. The molecule has 13 heavy (non-hydrogen) atoms. The number of hydrogen-bond acceptors (Lipinski definition) is 3. The predicted molar refractivity (Wildman–Crippen MR) is 51.1 cm³/mol. The third kappa shape index (κ3) is 2.11. The topological polar surface area (TPSA) is 42.4 Å². The Morgan fingerprint density at radius 2 is 2.15 bits per heavy atom. The number of nitrogens with two attached hydrogens (primary N) is 1. The van der Waals surface area contributed by atoms with Gasteiger partial charge in [0.05, 0.1) is 12.8 Å². The van der Waals surface area contributed by atoms with Gasteiger partial charge in [-0.1, -0.05) is 0 Å². The SMILES string of the molecule is NCc1coc(CN2CCCC2)c1. The van der Waals surface area contributed by atoms with Crippen LogP contribution in [-0.2, 0) is 13.1 Å². The van der Waals surface area contributed by atoms with Gasteiger partial charge in [-0.15, -0.1) is 0 Å². The highest BCUT2D eigenvalue weighted by Gasteiger charge is 2.13. The average Bonchev–Trinajstić information content (AvgIpc) is 2.76. The van der Waals surface area contributed by atoms with Gasteiger partial charge >= 0.3 is 0 Å². The van der Waals surface area contributed by atoms with E-state index in [1.165, 1.54) is 25.9 Å². The third-order valence-electron chi connectivity index (χ3n) is 2.52.